The lowest BCUT2D eigenvalue weighted by Gasteiger charge is -2.39. The maximum absolute atomic E-state index is 13.0. The summed E-state index contributed by atoms with van der Waals surface area (Å²) < 4.78 is 6.54. The van der Waals surface area contributed by atoms with Crippen LogP contribution < -0.4 is 0 Å². The lowest BCUT2D eigenvalue weighted by Crippen LogP contribution is -2.51. The highest BCUT2D eigenvalue weighted by molar-refractivity contribution is 9.10. The van der Waals surface area contributed by atoms with Gasteiger partial charge in [0.1, 0.15) is 5.69 Å². The Balaban J connectivity index is 1.40. The Morgan fingerprint density at radius 2 is 1.71 bits per heavy atom. The number of morpholine rings is 1. The van der Waals surface area contributed by atoms with Gasteiger partial charge in [0, 0.05) is 43.0 Å². The number of nitrogens with zero attached hydrogens (tertiary/aromatic N) is 2. The van der Waals surface area contributed by atoms with Gasteiger partial charge in [0.2, 0.25) is 5.91 Å². The van der Waals surface area contributed by atoms with Crippen LogP contribution in [0.4, 0.5) is 0 Å². The van der Waals surface area contributed by atoms with Gasteiger partial charge in [-0.3, -0.25) is 9.59 Å². The van der Waals surface area contributed by atoms with Gasteiger partial charge in [0.15, 0.2) is 0 Å². The highest BCUT2D eigenvalue weighted by Crippen LogP contribution is 2.30. The molecule has 1 aromatic heterocycles. The molecule has 0 radical (unpaired) electrons. The number of fused-ring (bicyclic) bond motifs is 1. The fourth-order valence-corrected chi connectivity index (χ4v) is 4.97. The summed E-state index contributed by atoms with van der Waals surface area (Å²) in [5, 5.41) is 1.01. The van der Waals surface area contributed by atoms with Crippen molar-refractivity contribution in [1.82, 2.24) is 14.8 Å². The number of para-hydroxylation sites is 1. The van der Waals surface area contributed by atoms with Crippen molar-refractivity contribution in [2.45, 2.75) is 38.9 Å². The number of nitrogens with one attached hydrogen (secondary N) is 1. The molecular weight excluding hydrogens is 422 g/mol. The van der Waals surface area contributed by atoms with Gasteiger partial charge in [-0.2, -0.15) is 0 Å². The predicted molar refractivity (Wildman–Crippen MR) is 111 cm³/mol. The first-order valence-corrected chi connectivity index (χ1v) is 10.7. The minimum Gasteiger partial charge on any atom is -0.372 e. The van der Waals surface area contributed by atoms with Crippen molar-refractivity contribution < 1.29 is 14.3 Å². The minimum absolute atomic E-state index is 0.00675. The van der Waals surface area contributed by atoms with Crippen molar-refractivity contribution in [2.75, 3.05) is 26.2 Å². The molecule has 1 aromatic carbocycles. The van der Waals surface area contributed by atoms with Gasteiger partial charge in [0.05, 0.1) is 16.7 Å². The van der Waals surface area contributed by atoms with Crippen molar-refractivity contribution in [2.24, 2.45) is 5.92 Å². The average molecular weight is 448 g/mol. The Kier molecular flexibility index (Phi) is 5.47. The third-order valence-corrected chi connectivity index (χ3v) is 6.54. The van der Waals surface area contributed by atoms with Crippen LogP contribution >= 0.6 is 15.9 Å². The van der Waals surface area contributed by atoms with Crippen LogP contribution in [-0.4, -0.2) is 65.0 Å². The van der Waals surface area contributed by atoms with Crippen LogP contribution in [0, 0.1) is 5.92 Å². The number of ether oxygens (including phenoxy) is 1. The van der Waals surface area contributed by atoms with Gasteiger partial charge in [-0.15, -0.1) is 0 Å². The summed E-state index contributed by atoms with van der Waals surface area (Å²) in [5.41, 5.74) is 1.53. The smallest absolute Gasteiger partial charge is 0.271 e. The predicted octanol–water partition coefficient (Wildman–Crippen LogP) is 3.42. The molecule has 2 unspecified atom stereocenters. The van der Waals surface area contributed by atoms with Gasteiger partial charge in [-0.25, -0.2) is 0 Å². The first-order chi connectivity index (χ1) is 13.4. The number of halogens is 1. The summed E-state index contributed by atoms with van der Waals surface area (Å²) in [7, 11) is 0. The van der Waals surface area contributed by atoms with Crippen LogP contribution in [0.1, 0.15) is 37.2 Å². The first-order valence-electron chi connectivity index (χ1n) is 9.93. The van der Waals surface area contributed by atoms with E-state index >= 15 is 0 Å². The van der Waals surface area contributed by atoms with E-state index in [9.17, 15) is 9.59 Å². The van der Waals surface area contributed by atoms with Crippen LogP contribution in [0.15, 0.2) is 28.7 Å². The van der Waals surface area contributed by atoms with Gasteiger partial charge in [0.25, 0.3) is 5.91 Å². The molecule has 7 heteroatoms. The van der Waals surface area contributed by atoms with E-state index in [1.165, 1.54) is 0 Å². The second-order valence-electron chi connectivity index (χ2n) is 7.93. The second-order valence-corrected chi connectivity index (χ2v) is 8.72. The van der Waals surface area contributed by atoms with Crippen molar-refractivity contribution >= 4 is 38.6 Å². The number of likely N-dealkylation sites (tertiary alicyclic amines) is 1. The summed E-state index contributed by atoms with van der Waals surface area (Å²) in [6, 6.07) is 7.86. The number of H-pyrrole nitrogens is 1. The van der Waals surface area contributed by atoms with Gasteiger partial charge in [-0.05, 0) is 48.7 Å². The Bertz CT molecular complexity index is 878. The van der Waals surface area contributed by atoms with E-state index in [-0.39, 0.29) is 29.9 Å². The topological polar surface area (TPSA) is 65.6 Å². The van der Waals surface area contributed by atoms with Crippen LogP contribution in [0.5, 0.6) is 0 Å². The molecule has 0 saturated carbocycles. The number of hydrogen-bond acceptors (Lipinski definition) is 3. The number of aromatic nitrogens is 1. The monoisotopic (exact) mass is 447 g/mol. The molecule has 2 aliphatic heterocycles. The van der Waals surface area contributed by atoms with Crippen molar-refractivity contribution in [1.29, 1.82) is 0 Å². The molecule has 2 amide bonds. The summed E-state index contributed by atoms with van der Waals surface area (Å²) in [6.07, 6.45) is 1.58. The Hall–Kier alpha value is -1.86. The van der Waals surface area contributed by atoms with E-state index < -0.39 is 0 Å². The number of aromatic amines is 1. The van der Waals surface area contributed by atoms with E-state index in [0.29, 0.717) is 44.7 Å². The van der Waals surface area contributed by atoms with Gasteiger partial charge >= 0.3 is 0 Å². The highest BCUT2D eigenvalue weighted by Gasteiger charge is 2.34. The molecule has 0 bridgehead atoms. The molecule has 3 heterocycles. The third kappa shape index (κ3) is 3.70. The summed E-state index contributed by atoms with van der Waals surface area (Å²) in [6.45, 7) is 6.54. The lowest BCUT2D eigenvalue weighted by molar-refractivity contribution is -0.148. The molecular formula is C21H26BrN3O3. The zero-order valence-corrected chi connectivity index (χ0v) is 17.9. The Morgan fingerprint density at radius 1 is 1.07 bits per heavy atom. The van der Waals surface area contributed by atoms with E-state index in [0.717, 1.165) is 15.4 Å². The molecule has 1 N–H and O–H groups in total. The molecule has 2 fully saturated rings. The number of carbonyl (C=O) groups is 2. The number of benzene rings is 1. The standard InChI is InChI=1S/C21H26BrN3O3/c1-13-11-25(12-14(2)28-13)20(26)15-7-9-24(10-8-15)21(27)19-18(22)16-5-3-4-6-17(16)23-19/h3-6,13-15,23H,7-12H2,1-2H3. The Labute approximate surface area is 173 Å². The molecule has 4 rings (SSSR count). The molecule has 6 nitrogen and oxygen atoms in total. The molecule has 0 aliphatic carbocycles. The molecule has 2 atom stereocenters. The summed E-state index contributed by atoms with van der Waals surface area (Å²) in [5.74, 6) is 0.191. The van der Waals surface area contributed by atoms with Crippen molar-refractivity contribution in [3.63, 3.8) is 0 Å². The van der Waals surface area contributed by atoms with Crippen LogP contribution in [0.2, 0.25) is 0 Å². The quantitative estimate of drug-likeness (QED) is 0.766. The van der Waals surface area contributed by atoms with E-state index in [4.69, 9.17) is 4.74 Å². The average Bonchev–Trinajstić information content (AvgIpc) is 3.03. The molecule has 2 saturated heterocycles. The second kappa shape index (κ2) is 7.87. The molecule has 150 valence electrons. The van der Waals surface area contributed by atoms with E-state index in [2.05, 4.69) is 20.9 Å². The SMILES string of the molecule is CC1CN(C(=O)C2CCN(C(=O)c3[nH]c4ccccc4c3Br)CC2)CC(C)O1. The lowest BCUT2D eigenvalue weighted by atomic mass is 9.94. The molecule has 28 heavy (non-hydrogen) atoms. The highest BCUT2D eigenvalue weighted by atomic mass is 79.9. The van der Waals surface area contributed by atoms with Crippen LogP contribution in [-0.2, 0) is 9.53 Å². The normalized spacial score (nSPS) is 24.0. The number of amides is 2. The number of carbonyl (C=O) groups excluding carboxylic acids is 2. The van der Waals surface area contributed by atoms with Crippen molar-refractivity contribution in [3.05, 3.63) is 34.4 Å². The fraction of sp³-hybridized carbons (Fsp3) is 0.524. The summed E-state index contributed by atoms with van der Waals surface area (Å²) in [4.78, 5) is 32.9. The maximum atomic E-state index is 13.0. The van der Waals surface area contributed by atoms with Crippen molar-refractivity contribution in [3.8, 4) is 0 Å². The van der Waals surface area contributed by atoms with Gasteiger partial charge in [-0.1, -0.05) is 18.2 Å². The van der Waals surface area contributed by atoms with E-state index in [1.54, 1.807) is 0 Å². The molecule has 2 aliphatic rings. The van der Waals surface area contributed by atoms with Crippen LogP contribution in [0.3, 0.4) is 0 Å². The zero-order valence-electron chi connectivity index (χ0n) is 16.3. The minimum atomic E-state index is -0.0115. The number of hydrogen-bond donors (Lipinski definition) is 1. The fourth-order valence-electron chi connectivity index (χ4n) is 4.36. The van der Waals surface area contributed by atoms with E-state index in [1.807, 2.05) is 47.9 Å². The van der Waals surface area contributed by atoms with Crippen LogP contribution in [0.25, 0.3) is 10.9 Å². The maximum Gasteiger partial charge on any atom is 0.271 e. The third-order valence-electron chi connectivity index (χ3n) is 5.72. The summed E-state index contributed by atoms with van der Waals surface area (Å²) >= 11 is 3.57. The molecule has 0 spiro atoms. The number of piperidine rings is 1. The van der Waals surface area contributed by atoms with Gasteiger partial charge < -0.3 is 19.5 Å². The Morgan fingerprint density at radius 3 is 2.36 bits per heavy atom. The zero-order chi connectivity index (χ0) is 19.8. The number of rotatable bonds is 2. The first kappa shape index (κ1) is 19.5. The largest absolute Gasteiger partial charge is 0.372 e. The molecule has 2 aromatic rings.